The number of anilines is 6. The van der Waals surface area contributed by atoms with Crippen LogP contribution in [-0.4, -0.2) is 62.5 Å². The second-order valence-electron chi connectivity index (χ2n) is 36.8. The van der Waals surface area contributed by atoms with E-state index in [-0.39, 0.29) is 20.1 Å². The minimum Gasteiger partial charge on any atom is -0.458 e. The number of para-hydroxylation sites is 13. The summed E-state index contributed by atoms with van der Waals surface area (Å²) in [4.78, 5) is 19.5. The summed E-state index contributed by atoms with van der Waals surface area (Å²) in [6.45, 7) is 0.0678. The Morgan fingerprint density at radius 2 is 0.564 bits per heavy atom. The lowest BCUT2D eigenvalue weighted by Crippen LogP contribution is -2.58. The molecule has 0 radical (unpaired) electrons. The van der Waals surface area contributed by atoms with Crippen LogP contribution >= 0.6 is 0 Å². The van der Waals surface area contributed by atoms with Gasteiger partial charge in [0.05, 0.1) is 77.6 Å². The van der Waals surface area contributed by atoms with Crippen LogP contribution < -0.4 is 73.2 Å². The fraction of sp³-hybridized carbons (Fsp3) is 0. The monoisotopic (exact) mass is 1790 g/mol. The van der Waals surface area contributed by atoms with E-state index in [0.717, 1.165) is 169 Å². The Kier molecular flexibility index (Phi) is 16.9. The Balaban J connectivity index is 0.000000101. The lowest BCUT2D eigenvalue weighted by atomic mass is 9.34. The maximum absolute atomic E-state index is 7.21. The lowest BCUT2D eigenvalue weighted by molar-refractivity contribution is 0.486. The van der Waals surface area contributed by atoms with Crippen LogP contribution in [0.3, 0.4) is 0 Å². The number of hydrogen-bond acceptors (Lipinski definition) is 8. The normalized spacial score (nSPS) is 12.7. The Hall–Kier alpha value is -18.6. The highest BCUT2D eigenvalue weighted by Gasteiger charge is 2.45. The van der Waals surface area contributed by atoms with Crippen molar-refractivity contribution in [1.29, 1.82) is 0 Å². The van der Waals surface area contributed by atoms with Crippen LogP contribution in [0.25, 0.3) is 144 Å². The van der Waals surface area contributed by atoms with E-state index in [1.165, 1.54) is 92.7 Å². The van der Waals surface area contributed by atoms with E-state index in [1.54, 1.807) is 0 Å². The first-order valence-corrected chi connectivity index (χ1v) is 47.7. The number of rotatable bonds is 10. The minimum absolute atomic E-state index is 0.00445. The number of ether oxygens (including phenoxy) is 3. The Morgan fingerprint density at radius 1 is 0.214 bits per heavy atom. The number of imidazole rings is 3. The molecule has 6 aliphatic rings. The molecule has 0 N–H and O–H groups in total. The molecule has 17 heteroatoms. The van der Waals surface area contributed by atoms with E-state index in [4.69, 9.17) is 24.2 Å². The van der Waals surface area contributed by atoms with E-state index < -0.39 is 0 Å². The van der Waals surface area contributed by atoms with Crippen LogP contribution in [0.1, 0.15) is 0 Å². The van der Waals surface area contributed by atoms with Gasteiger partial charge < -0.3 is 37.7 Å². The average Bonchev–Trinajstić information content (AvgIpc) is 1.34. The fourth-order valence-electron chi connectivity index (χ4n) is 23.7. The highest BCUT2D eigenvalue weighted by atomic mass is 16.5. The van der Waals surface area contributed by atoms with Gasteiger partial charge in [-0.15, -0.1) is 0 Å². The van der Waals surface area contributed by atoms with Gasteiger partial charge in [-0.05, 0) is 195 Å². The first-order valence-electron chi connectivity index (χ1n) is 47.7. The van der Waals surface area contributed by atoms with E-state index in [0.29, 0.717) is 0 Å². The van der Waals surface area contributed by atoms with Gasteiger partial charge in [0.15, 0.2) is 0 Å². The van der Waals surface area contributed by atoms with Crippen molar-refractivity contribution in [2.75, 3.05) is 9.80 Å². The molecule has 0 saturated carbocycles. The molecule has 32 rings (SSSR count). The molecular weight excluding hydrogens is 1710 g/mol. The van der Waals surface area contributed by atoms with Gasteiger partial charge in [0.1, 0.15) is 53.0 Å². The van der Waals surface area contributed by atoms with Crippen LogP contribution in [0, 0.1) is 0 Å². The number of hydrogen-bond donors (Lipinski definition) is 0. The van der Waals surface area contributed by atoms with E-state index in [1.807, 2.05) is 12.7 Å². The van der Waals surface area contributed by atoms with Crippen molar-refractivity contribution in [1.82, 2.24) is 42.4 Å². The summed E-state index contributed by atoms with van der Waals surface area (Å²) in [6.07, 6.45) is 3.89. The van der Waals surface area contributed by atoms with Crippen molar-refractivity contribution in [3.05, 3.63) is 462 Å². The van der Waals surface area contributed by atoms with E-state index >= 15 is 0 Å². The largest absolute Gasteiger partial charge is 0.458 e. The molecule has 0 fully saturated rings. The van der Waals surface area contributed by atoms with Gasteiger partial charge in [-0.3, -0.25) is 13.7 Å². The van der Waals surface area contributed by atoms with Crippen LogP contribution in [0.15, 0.2) is 462 Å². The third-order valence-electron chi connectivity index (χ3n) is 29.4. The SMILES string of the molecule is c1cc2c3c(c1)-n1cnc4cccc(c41)B3c1ccc(-n3c4ccccc4c4ccccc43)cc1O2.c1ccc(-c2nc3cccc4c3n2-c2cc(-n3c5ccccc5c5ccccc53)cc3c2B4c2ccc(N(c4ccccc4)c4ccccc4)cc2O3)cc1.c1ccc(N(c2ccccc2)c2cc3c4c(c2)-n2cnc5cccc(c52)B4c2ccc(-n4c5ccccc5c5ccccc54)cc2O3)cc1. The summed E-state index contributed by atoms with van der Waals surface area (Å²) in [5, 5.41) is 7.44. The van der Waals surface area contributed by atoms with Crippen molar-refractivity contribution >= 4 is 202 Å². The molecule has 20 aromatic carbocycles. The van der Waals surface area contributed by atoms with Crippen molar-refractivity contribution in [3.63, 3.8) is 0 Å². The van der Waals surface area contributed by atoms with Crippen LogP contribution in [0.5, 0.6) is 34.5 Å². The van der Waals surface area contributed by atoms with E-state index in [9.17, 15) is 0 Å². The van der Waals surface area contributed by atoms with Gasteiger partial charge >= 0.3 is 0 Å². The van der Waals surface area contributed by atoms with Crippen molar-refractivity contribution in [2.45, 2.75) is 0 Å². The van der Waals surface area contributed by atoms with Gasteiger partial charge in [0.2, 0.25) is 0 Å². The molecule has 0 amide bonds. The lowest BCUT2D eigenvalue weighted by Gasteiger charge is -2.35. The molecule has 26 aromatic rings. The summed E-state index contributed by atoms with van der Waals surface area (Å²) >= 11 is 0. The van der Waals surface area contributed by atoms with Crippen molar-refractivity contribution in [2.24, 2.45) is 0 Å². The first kappa shape index (κ1) is 77.8. The van der Waals surface area contributed by atoms with Gasteiger partial charge in [-0.2, -0.15) is 0 Å². The van der Waals surface area contributed by atoms with Gasteiger partial charge in [0.25, 0.3) is 20.1 Å². The molecule has 0 atom stereocenters. The van der Waals surface area contributed by atoms with Gasteiger partial charge in [-0.1, -0.05) is 273 Å². The topological polar surface area (TPSA) is 102 Å². The number of fused-ring (bicyclic) bond motifs is 21. The molecule has 140 heavy (non-hydrogen) atoms. The zero-order valence-corrected chi connectivity index (χ0v) is 75.3. The predicted molar refractivity (Wildman–Crippen MR) is 575 cm³/mol. The zero-order chi connectivity index (χ0) is 91.5. The van der Waals surface area contributed by atoms with E-state index in [2.05, 4.69) is 491 Å². The number of nitrogens with zero attached hydrogens (tertiary/aromatic N) is 11. The highest BCUT2D eigenvalue weighted by molar-refractivity contribution is 7.00. The molecule has 0 bridgehead atoms. The highest BCUT2D eigenvalue weighted by Crippen LogP contribution is 2.47. The van der Waals surface area contributed by atoms with Crippen LogP contribution in [0.2, 0.25) is 0 Å². The minimum atomic E-state index is -0.0478. The summed E-state index contributed by atoms with van der Waals surface area (Å²) in [5.74, 6) is 6.18. The van der Waals surface area contributed by atoms with Crippen LogP contribution in [-0.2, 0) is 0 Å². The number of aromatic nitrogens is 9. The summed E-state index contributed by atoms with van der Waals surface area (Å²) in [6, 6.07) is 160. The quantitative estimate of drug-likeness (QED) is 0.125. The molecule has 6 aliphatic heterocycles. The fourth-order valence-corrected chi connectivity index (χ4v) is 23.7. The molecule has 0 unspecified atom stereocenters. The zero-order valence-electron chi connectivity index (χ0n) is 75.3. The summed E-state index contributed by atoms with van der Waals surface area (Å²) in [7, 11) is 0. The molecule has 12 heterocycles. The van der Waals surface area contributed by atoms with Crippen molar-refractivity contribution in [3.8, 4) is 80.0 Å². The van der Waals surface area contributed by atoms with Gasteiger partial charge in [-0.25, -0.2) is 15.0 Å². The molecule has 14 nitrogen and oxygen atoms in total. The third-order valence-corrected chi connectivity index (χ3v) is 29.4. The Labute approximate surface area is 804 Å². The second kappa shape index (κ2) is 30.5. The number of benzene rings is 20. The first-order chi connectivity index (χ1) is 69.5. The maximum atomic E-state index is 7.21. The summed E-state index contributed by atoms with van der Waals surface area (Å²) in [5.41, 5.74) is 38.3. The summed E-state index contributed by atoms with van der Waals surface area (Å²) < 4.78 is 34.8. The Bertz CT molecular complexity index is 9450. The second-order valence-corrected chi connectivity index (χ2v) is 36.8. The molecule has 6 aromatic heterocycles. The predicted octanol–water partition coefficient (Wildman–Crippen LogP) is 23.8. The van der Waals surface area contributed by atoms with Gasteiger partial charge in [0, 0.05) is 125 Å². The molecule has 0 aliphatic carbocycles. The maximum Gasteiger partial charge on any atom is 0.256 e. The van der Waals surface area contributed by atoms with Crippen LogP contribution in [0.4, 0.5) is 34.1 Å². The molecule has 0 saturated heterocycles. The smallest absolute Gasteiger partial charge is 0.256 e. The van der Waals surface area contributed by atoms with Crippen molar-refractivity contribution < 1.29 is 14.2 Å². The third kappa shape index (κ3) is 11.6. The standard InChI is InChI=1S/C49H31BN4O.C43H27BN4O.C31H18BN3O/c1-4-15-32(16-5-1)49-51-41-24-14-23-40-48(41)54(49)44-29-36(53-42-25-12-10-21-37(42)38-22-11-13-26-43(38)53)31-46-47(44)50(40)39-28-27-35(30-45(39)55-46)52(33-17-6-2-7-18-33)34-19-8-3-9-20-34;1-3-12-28(13-4-1)47(29-14-5-2-6-15-29)31-24-39-42-41(26-31)49-40-25-30(48-37-20-9-7-16-32(37)33-17-8-10-21-38(33)48)22-23-34(40)44(42)35-18-11-19-36-43(35)46(39)27-45-36;1-3-11-25-20(7-1)21-8-2-4-12-26(21)35(25)19-15-16-22-29(17-19)36-28-14-6-13-27-30(28)32(22)23-9-5-10-24-31(23)34(27)18-33-24/h1-31H;1-27H;1-18H. The molecule has 650 valence electrons. The average molecular weight is 1790 g/mol. The Morgan fingerprint density at radius 3 is 1.04 bits per heavy atom. The molecule has 0 spiro atoms. The molecular formula is C123H76B3N11O3.